The standard InChI is InChI=1S/C18H20ClFN2O3/c19-22-18(24)10-13-4-6-16(7-5-13)25-9-8-21-12-17(23)14-2-1-3-15(20)11-14/h1-7,11,17,21,23H,8-10,12H2,(H,22,24). The quantitative estimate of drug-likeness (QED) is 0.470. The van der Waals surface area contributed by atoms with Crippen molar-refractivity contribution in [2.75, 3.05) is 19.7 Å². The first-order valence-corrected chi connectivity index (χ1v) is 8.21. The van der Waals surface area contributed by atoms with Crippen LogP contribution < -0.4 is 14.9 Å². The summed E-state index contributed by atoms with van der Waals surface area (Å²) in [6.07, 6.45) is -0.563. The number of nitrogens with one attached hydrogen (secondary N) is 2. The summed E-state index contributed by atoms with van der Waals surface area (Å²) < 4.78 is 18.7. The minimum absolute atomic E-state index is 0.212. The van der Waals surface area contributed by atoms with Gasteiger partial charge >= 0.3 is 0 Å². The zero-order chi connectivity index (χ0) is 18.1. The second-order valence-corrected chi connectivity index (χ2v) is 5.65. The molecule has 0 spiro atoms. The van der Waals surface area contributed by atoms with Crippen LogP contribution in [0.25, 0.3) is 0 Å². The van der Waals surface area contributed by atoms with E-state index in [4.69, 9.17) is 16.5 Å². The SMILES string of the molecule is O=C(Cc1ccc(OCCNCC(O)c2cccc(F)c2)cc1)NCl. The Kier molecular flexibility index (Phi) is 7.66. The van der Waals surface area contributed by atoms with Crippen LogP contribution >= 0.6 is 11.8 Å². The number of carbonyl (C=O) groups excluding carboxylic acids is 1. The Morgan fingerprint density at radius 1 is 1.24 bits per heavy atom. The highest BCUT2D eigenvalue weighted by atomic mass is 35.5. The van der Waals surface area contributed by atoms with Gasteiger partial charge in [-0.2, -0.15) is 0 Å². The van der Waals surface area contributed by atoms with Crippen molar-refractivity contribution in [1.29, 1.82) is 0 Å². The minimum atomic E-state index is -0.775. The van der Waals surface area contributed by atoms with Crippen molar-refractivity contribution in [1.82, 2.24) is 10.2 Å². The van der Waals surface area contributed by atoms with Crippen molar-refractivity contribution in [2.45, 2.75) is 12.5 Å². The predicted octanol–water partition coefficient (Wildman–Crippen LogP) is 2.34. The van der Waals surface area contributed by atoms with Crippen molar-refractivity contribution in [2.24, 2.45) is 0 Å². The minimum Gasteiger partial charge on any atom is -0.492 e. The van der Waals surface area contributed by atoms with Crippen molar-refractivity contribution in [3.8, 4) is 5.75 Å². The number of hydrogen-bond acceptors (Lipinski definition) is 4. The maximum atomic E-state index is 13.1. The van der Waals surface area contributed by atoms with Gasteiger partial charge in [-0.15, -0.1) is 0 Å². The first kappa shape index (κ1) is 19.2. The number of aliphatic hydroxyl groups excluding tert-OH is 1. The molecule has 0 fully saturated rings. The third-order valence-electron chi connectivity index (χ3n) is 3.51. The average Bonchev–Trinajstić information content (AvgIpc) is 2.62. The van der Waals surface area contributed by atoms with E-state index in [1.807, 2.05) is 0 Å². The monoisotopic (exact) mass is 366 g/mol. The maximum Gasteiger partial charge on any atom is 0.238 e. The van der Waals surface area contributed by atoms with E-state index in [2.05, 4.69) is 10.2 Å². The van der Waals surface area contributed by atoms with Crippen LogP contribution in [0.15, 0.2) is 48.5 Å². The summed E-state index contributed by atoms with van der Waals surface area (Å²) in [5.41, 5.74) is 1.37. The van der Waals surface area contributed by atoms with Gasteiger partial charge < -0.3 is 15.2 Å². The molecular weight excluding hydrogens is 347 g/mol. The second kappa shape index (κ2) is 9.98. The molecule has 1 unspecified atom stereocenters. The fourth-order valence-corrected chi connectivity index (χ4v) is 2.30. The Labute approximate surface area is 150 Å². The van der Waals surface area contributed by atoms with Crippen molar-refractivity contribution in [3.63, 3.8) is 0 Å². The van der Waals surface area contributed by atoms with E-state index in [1.54, 1.807) is 36.4 Å². The van der Waals surface area contributed by atoms with Crippen LogP contribution in [0.1, 0.15) is 17.2 Å². The number of halogens is 2. The number of ether oxygens (including phenoxy) is 1. The molecule has 0 aliphatic heterocycles. The van der Waals surface area contributed by atoms with Gasteiger partial charge in [0.05, 0.1) is 12.5 Å². The van der Waals surface area contributed by atoms with Crippen molar-refractivity contribution in [3.05, 3.63) is 65.5 Å². The summed E-state index contributed by atoms with van der Waals surface area (Å²) >= 11 is 5.23. The lowest BCUT2D eigenvalue weighted by atomic mass is 10.1. The largest absolute Gasteiger partial charge is 0.492 e. The Hall–Kier alpha value is -2.15. The van der Waals surface area contributed by atoms with Gasteiger partial charge in [0, 0.05) is 24.9 Å². The van der Waals surface area contributed by atoms with Gasteiger partial charge in [-0.3, -0.25) is 9.63 Å². The van der Waals surface area contributed by atoms with E-state index in [0.29, 0.717) is 31.0 Å². The fraction of sp³-hybridized carbons (Fsp3) is 0.278. The molecule has 0 saturated heterocycles. The van der Waals surface area contributed by atoms with Gasteiger partial charge in [0.25, 0.3) is 0 Å². The summed E-state index contributed by atoms with van der Waals surface area (Å²) in [6, 6.07) is 13.0. The molecule has 0 bridgehead atoms. The lowest BCUT2D eigenvalue weighted by molar-refractivity contribution is -0.118. The van der Waals surface area contributed by atoms with Crippen molar-refractivity contribution < 1.29 is 19.0 Å². The van der Waals surface area contributed by atoms with E-state index >= 15 is 0 Å². The van der Waals surface area contributed by atoms with Gasteiger partial charge in [0.15, 0.2) is 0 Å². The molecule has 2 aromatic carbocycles. The molecule has 0 aromatic heterocycles. The summed E-state index contributed by atoms with van der Waals surface area (Å²) in [5.74, 6) is 0.0470. The van der Waals surface area contributed by atoms with Crippen LogP contribution in [-0.2, 0) is 11.2 Å². The first-order chi connectivity index (χ1) is 12.1. The molecule has 25 heavy (non-hydrogen) atoms. The van der Waals surface area contributed by atoms with E-state index < -0.39 is 6.10 Å². The molecule has 0 aliphatic rings. The van der Waals surface area contributed by atoms with E-state index in [9.17, 15) is 14.3 Å². The highest BCUT2D eigenvalue weighted by Crippen LogP contribution is 2.14. The highest BCUT2D eigenvalue weighted by molar-refractivity contribution is 6.21. The van der Waals surface area contributed by atoms with Gasteiger partial charge in [0.2, 0.25) is 5.91 Å². The van der Waals surface area contributed by atoms with Gasteiger partial charge in [-0.05, 0) is 35.4 Å². The van der Waals surface area contributed by atoms with E-state index in [-0.39, 0.29) is 18.1 Å². The molecule has 7 heteroatoms. The third kappa shape index (κ3) is 6.70. The summed E-state index contributed by atoms with van der Waals surface area (Å²) in [4.78, 5) is 13.2. The molecule has 2 rings (SSSR count). The molecule has 3 N–H and O–H groups in total. The number of amides is 1. The first-order valence-electron chi connectivity index (χ1n) is 7.84. The van der Waals surface area contributed by atoms with Crippen LogP contribution in [-0.4, -0.2) is 30.7 Å². The topological polar surface area (TPSA) is 70.6 Å². The highest BCUT2D eigenvalue weighted by Gasteiger charge is 2.07. The Morgan fingerprint density at radius 2 is 2.00 bits per heavy atom. The second-order valence-electron chi connectivity index (χ2n) is 5.46. The van der Waals surface area contributed by atoms with Gasteiger partial charge in [-0.25, -0.2) is 4.39 Å². The summed E-state index contributed by atoms with van der Waals surface area (Å²) in [6.45, 7) is 1.25. The Morgan fingerprint density at radius 3 is 2.68 bits per heavy atom. The predicted molar refractivity (Wildman–Crippen MR) is 93.9 cm³/mol. The molecule has 0 aliphatic carbocycles. The normalized spacial score (nSPS) is 11.8. The molecule has 1 amide bonds. The molecule has 2 aromatic rings. The molecule has 0 radical (unpaired) electrons. The van der Waals surface area contributed by atoms with Gasteiger partial charge in [-0.1, -0.05) is 24.3 Å². The summed E-state index contributed by atoms with van der Waals surface area (Å²) in [7, 11) is 0. The average molecular weight is 367 g/mol. The van der Waals surface area contributed by atoms with Crippen LogP contribution in [0.3, 0.4) is 0 Å². The van der Waals surface area contributed by atoms with Crippen LogP contribution in [0.2, 0.25) is 0 Å². The molecule has 0 heterocycles. The number of carbonyl (C=O) groups is 1. The van der Waals surface area contributed by atoms with Crippen LogP contribution in [0.5, 0.6) is 5.75 Å². The molecule has 0 saturated carbocycles. The Bertz CT molecular complexity index is 682. The fourth-order valence-electron chi connectivity index (χ4n) is 2.23. The third-order valence-corrected chi connectivity index (χ3v) is 3.72. The van der Waals surface area contributed by atoms with Crippen molar-refractivity contribution >= 4 is 17.7 Å². The Balaban J connectivity index is 1.66. The smallest absolute Gasteiger partial charge is 0.238 e. The lowest BCUT2D eigenvalue weighted by Crippen LogP contribution is -2.26. The van der Waals surface area contributed by atoms with Crippen LogP contribution in [0, 0.1) is 5.82 Å². The molecular formula is C18H20ClFN2O3. The molecule has 134 valence electrons. The number of hydrogen-bond donors (Lipinski definition) is 3. The maximum absolute atomic E-state index is 13.1. The number of rotatable bonds is 9. The zero-order valence-electron chi connectivity index (χ0n) is 13.5. The molecule has 1 atom stereocenters. The summed E-state index contributed by atoms with van der Waals surface area (Å²) in [5, 5.41) is 13.0. The van der Waals surface area contributed by atoms with E-state index in [1.165, 1.54) is 12.1 Å². The van der Waals surface area contributed by atoms with Crippen LogP contribution in [0.4, 0.5) is 4.39 Å². The number of aliphatic hydroxyl groups is 1. The molecule has 5 nitrogen and oxygen atoms in total. The van der Waals surface area contributed by atoms with Gasteiger partial charge in [0.1, 0.15) is 18.2 Å². The lowest BCUT2D eigenvalue weighted by Gasteiger charge is -2.13. The zero-order valence-corrected chi connectivity index (χ0v) is 14.3. The number of benzene rings is 2. The van der Waals surface area contributed by atoms with E-state index in [0.717, 1.165) is 5.56 Å².